The number of aromatic nitrogens is 3. The number of nitrogen functional groups attached to an aromatic ring is 1. The summed E-state index contributed by atoms with van der Waals surface area (Å²) in [5, 5.41) is 5.95. The fraction of sp³-hybridized carbons (Fsp3) is 0.0667. The topological polar surface area (TPSA) is 112 Å². The summed E-state index contributed by atoms with van der Waals surface area (Å²) in [4.78, 5) is 28.0. The molecule has 0 saturated carbocycles. The lowest BCUT2D eigenvalue weighted by Crippen LogP contribution is -2.11. The molecule has 0 saturated heterocycles. The second-order valence-corrected chi connectivity index (χ2v) is 10.6. The standard InChI is InChI=1S/C30H23N5O3S2/c1-37-19-8-9-24(38-2)20(14-19)21-15-22(17-6-4-3-5-7-17)33-29-25(21)26(31)27(40-29)28(36)35-30-34-23(16-39-30)18-10-12-32-13-11-18/h3-16H,31H2,1-2H3,(H,34,35,36). The maximum absolute atomic E-state index is 13.5. The predicted octanol–water partition coefficient (Wildman–Crippen LogP) is 7.00. The number of thiazole rings is 1. The third kappa shape index (κ3) is 4.74. The first kappa shape index (κ1) is 25.5. The highest BCUT2D eigenvalue weighted by Gasteiger charge is 2.24. The zero-order valence-corrected chi connectivity index (χ0v) is 23.2. The summed E-state index contributed by atoms with van der Waals surface area (Å²) in [6.45, 7) is 0. The second kappa shape index (κ2) is 10.8. The molecule has 0 aliphatic rings. The minimum Gasteiger partial charge on any atom is -0.497 e. The number of hydrogen-bond donors (Lipinski definition) is 2. The van der Waals surface area contributed by atoms with E-state index in [4.69, 9.17) is 20.2 Å². The van der Waals surface area contributed by atoms with Crippen LogP contribution in [0, 0.1) is 0 Å². The molecule has 0 aliphatic carbocycles. The van der Waals surface area contributed by atoms with Crippen LogP contribution < -0.4 is 20.5 Å². The molecule has 2 aromatic carbocycles. The van der Waals surface area contributed by atoms with Gasteiger partial charge in [-0.1, -0.05) is 30.3 Å². The van der Waals surface area contributed by atoms with E-state index in [2.05, 4.69) is 15.3 Å². The zero-order chi connectivity index (χ0) is 27.6. The van der Waals surface area contributed by atoms with Gasteiger partial charge in [0.05, 0.1) is 31.3 Å². The number of carbonyl (C=O) groups excluding carboxylic acids is 1. The normalized spacial score (nSPS) is 10.9. The average Bonchev–Trinajstić information content (AvgIpc) is 3.61. The number of hydrogen-bond acceptors (Lipinski definition) is 9. The molecule has 4 heterocycles. The number of benzene rings is 2. The largest absolute Gasteiger partial charge is 0.497 e. The highest BCUT2D eigenvalue weighted by molar-refractivity contribution is 7.21. The molecule has 10 heteroatoms. The highest BCUT2D eigenvalue weighted by Crippen LogP contribution is 2.45. The van der Waals surface area contributed by atoms with Gasteiger partial charge >= 0.3 is 0 Å². The molecule has 0 bridgehead atoms. The molecule has 3 N–H and O–H groups in total. The smallest absolute Gasteiger partial charge is 0.269 e. The fourth-order valence-corrected chi connectivity index (χ4v) is 6.15. The van der Waals surface area contributed by atoms with Crippen LogP contribution in [0.25, 0.3) is 43.9 Å². The summed E-state index contributed by atoms with van der Waals surface area (Å²) in [6, 6.07) is 21.2. The van der Waals surface area contributed by atoms with Crippen LogP contribution in [0.1, 0.15) is 9.67 Å². The number of ether oxygens (including phenoxy) is 2. The van der Waals surface area contributed by atoms with E-state index in [-0.39, 0.29) is 5.91 Å². The number of methoxy groups -OCH3 is 2. The predicted molar refractivity (Wildman–Crippen MR) is 161 cm³/mol. The van der Waals surface area contributed by atoms with E-state index in [0.717, 1.165) is 33.6 Å². The third-order valence-corrected chi connectivity index (χ3v) is 8.23. The molecule has 6 rings (SSSR count). The van der Waals surface area contributed by atoms with Gasteiger partial charge in [-0.05, 0) is 36.4 Å². The molecule has 0 spiro atoms. The van der Waals surface area contributed by atoms with Gasteiger partial charge in [-0.15, -0.1) is 22.7 Å². The Balaban J connectivity index is 1.46. The van der Waals surface area contributed by atoms with E-state index in [0.29, 0.717) is 37.4 Å². The van der Waals surface area contributed by atoms with Crippen molar-refractivity contribution in [2.75, 3.05) is 25.3 Å². The van der Waals surface area contributed by atoms with Gasteiger partial charge in [0.25, 0.3) is 5.91 Å². The van der Waals surface area contributed by atoms with Crippen molar-refractivity contribution < 1.29 is 14.3 Å². The minimum atomic E-state index is -0.346. The van der Waals surface area contributed by atoms with Crippen LogP contribution in [-0.4, -0.2) is 35.1 Å². The Kier molecular flexibility index (Phi) is 6.85. The van der Waals surface area contributed by atoms with Crippen molar-refractivity contribution in [2.24, 2.45) is 0 Å². The van der Waals surface area contributed by atoms with Crippen LogP contribution in [0.2, 0.25) is 0 Å². The van der Waals surface area contributed by atoms with E-state index < -0.39 is 0 Å². The van der Waals surface area contributed by atoms with Gasteiger partial charge in [0, 0.05) is 45.4 Å². The Morgan fingerprint density at radius 1 is 0.875 bits per heavy atom. The molecule has 0 aliphatic heterocycles. The number of carbonyl (C=O) groups is 1. The molecule has 0 radical (unpaired) electrons. The van der Waals surface area contributed by atoms with E-state index in [1.54, 1.807) is 26.6 Å². The molecule has 1 amide bonds. The van der Waals surface area contributed by atoms with E-state index >= 15 is 0 Å². The summed E-state index contributed by atoms with van der Waals surface area (Å²) < 4.78 is 11.2. The van der Waals surface area contributed by atoms with Crippen LogP contribution in [0.4, 0.5) is 10.8 Å². The molecular formula is C30H23N5O3S2. The van der Waals surface area contributed by atoms with Crippen LogP contribution >= 0.6 is 22.7 Å². The van der Waals surface area contributed by atoms with Crippen LogP contribution in [0.3, 0.4) is 0 Å². The number of pyridine rings is 2. The number of nitrogens with one attached hydrogen (secondary N) is 1. The Morgan fingerprint density at radius 3 is 2.40 bits per heavy atom. The number of amides is 1. The van der Waals surface area contributed by atoms with Crippen molar-refractivity contribution in [3.05, 3.63) is 89.4 Å². The third-order valence-electron chi connectivity index (χ3n) is 6.37. The number of rotatable bonds is 7. The summed E-state index contributed by atoms with van der Waals surface area (Å²) >= 11 is 2.59. The van der Waals surface area contributed by atoms with Gasteiger partial charge in [-0.2, -0.15) is 0 Å². The van der Waals surface area contributed by atoms with Gasteiger partial charge in [-0.25, -0.2) is 9.97 Å². The van der Waals surface area contributed by atoms with Crippen LogP contribution in [-0.2, 0) is 0 Å². The molecule has 6 aromatic rings. The Bertz CT molecular complexity index is 1840. The monoisotopic (exact) mass is 565 g/mol. The van der Waals surface area contributed by atoms with Crippen LogP contribution in [0.5, 0.6) is 11.5 Å². The van der Waals surface area contributed by atoms with E-state index in [1.807, 2.05) is 72.1 Å². The number of nitrogens with zero attached hydrogens (tertiary/aromatic N) is 3. The maximum atomic E-state index is 13.5. The summed E-state index contributed by atoms with van der Waals surface area (Å²) in [5.74, 6) is 0.971. The lowest BCUT2D eigenvalue weighted by Gasteiger charge is -2.13. The summed E-state index contributed by atoms with van der Waals surface area (Å²) in [5.41, 5.74) is 12.0. The number of thiophene rings is 1. The van der Waals surface area contributed by atoms with Gasteiger partial charge in [0.15, 0.2) is 5.13 Å². The summed E-state index contributed by atoms with van der Waals surface area (Å²) in [6.07, 6.45) is 3.41. The Hall–Kier alpha value is -4.80. The first-order chi connectivity index (χ1) is 19.6. The maximum Gasteiger partial charge on any atom is 0.269 e. The number of anilines is 2. The Labute approximate surface area is 238 Å². The average molecular weight is 566 g/mol. The quantitative estimate of drug-likeness (QED) is 0.214. The molecule has 0 unspecified atom stereocenters. The van der Waals surface area contributed by atoms with Gasteiger partial charge in [0.1, 0.15) is 21.2 Å². The molecule has 0 fully saturated rings. The first-order valence-electron chi connectivity index (χ1n) is 12.2. The molecular weight excluding hydrogens is 542 g/mol. The molecule has 198 valence electrons. The van der Waals surface area contributed by atoms with Crippen molar-refractivity contribution in [3.63, 3.8) is 0 Å². The minimum absolute atomic E-state index is 0.343. The van der Waals surface area contributed by atoms with Crippen molar-refractivity contribution >= 4 is 49.6 Å². The second-order valence-electron chi connectivity index (χ2n) is 8.74. The first-order valence-corrected chi connectivity index (χ1v) is 13.9. The van der Waals surface area contributed by atoms with Crippen molar-refractivity contribution in [1.82, 2.24) is 15.0 Å². The SMILES string of the molecule is COc1ccc(OC)c(-c2cc(-c3ccccc3)nc3sc(C(=O)Nc4nc(-c5ccncc5)cs4)c(N)c23)c1. The van der Waals surface area contributed by atoms with Crippen molar-refractivity contribution in [3.8, 4) is 45.1 Å². The van der Waals surface area contributed by atoms with Crippen molar-refractivity contribution in [2.45, 2.75) is 0 Å². The number of fused-ring (bicyclic) bond motifs is 1. The highest BCUT2D eigenvalue weighted by atomic mass is 32.1. The van der Waals surface area contributed by atoms with Gasteiger partial charge in [-0.3, -0.25) is 15.1 Å². The van der Waals surface area contributed by atoms with E-state index in [1.165, 1.54) is 22.7 Å². The van der Waals surface area contributed by atoms with Crippen molar-refractivity contribution in [1.29, 1.82) is 0 Å². The lowest BCUT2D eigenvalue weighted by molar-refractivity contribution is 0.103. The summed E-state index contributed by atoms with van der Waals surface area (Å²) in [7, 11) is 3.23. The fourth-order valence-electron chi connectivity index (χ4n) is 4.42. The molecule has 8 nitrogen and oxygen atoms in total. The lowest BCUT2D eigenvalue weighted by atomic mass is 9.98. The Morgan fingerprint density at radius 2 is 1.65 bits per heavy atom. The molecule has 0 atom stereocenters. The zero-order valence-electron chi connectivity index (χ0n) is 21.5. The van der Waals surface area contributed by atoms with Gasteiger partial charge in [0.2, 0.25) is 0 Å². The van der Waals surface area contributed by atoms with Crippen LogP contribution in [0.15, 0.2) is 84.5 Å². The molecule has 4 aromatic heterocycles. The number of nitrogens with two attached hydrogens (primary N) is 1. The van der Waals surface area contributed by atoms with E-state index in [9.17, 15) is 4.79 Å². The molecule has 40 heavy (non-hydrogen) atoms. The van der Waals surface area contributed by atoms with Gasteiger partial charge < -0.3 is 15.2 Å².